The first-order valence-electron chi connectivity index (χ1n) is 7.32. The van der Waals surface area contributed by atoms with Crippen LogP contribution in [0.5, 0.6) is 0 Å². The number of oxime groups is 2. The van der Waals surface area contributed by atoms with Gasteiger partial charge in [0.1, 0.15) is 12.4 Å². The van der Waals surface area contributed by atoms with Crippen molar-refractivity contribution in [2.75, 3.05) is 13.2 Å². The summed E-state index contributed by atoms with van der Waals surface area (Å²) < 4.78 is 14.7. The Morgan fingerprint density at radius 2 is 1.19 bits per heavy atom. The van der Waals surface area contributed by atoms with Crippen molar-refractivity contribution < 1.29 is 53.8 Å². The SMILES string of the molecule is O/N=C\c1cccc[n+]1COCCOC[n+]1ccccc1/C=N/O.[Cl-].[Cl-]. The van der Waals surface area contributed by atoms with Crippen LogP contribution in [-0.2, 0) is 22.9 Å². The maximum atomic E-state index is 8.62. The Bertz CT molecular complexity index is 642. The Hall–Kier alpha value is -2.26. The summed E-state index contributed by atoms with van der Waals surface area (Å²) in [4.78, 5) is 0. The molecule has 142 valence electrons. The summed E-state index contributed by atoms with van der Waals surface area (Å²) in [5.41, 5.74) is 1.46. The van der Waals surface area contributed by atoms with Gasteiger partial charge >= 0.3 is 0 Å². The van der Waals surface area contributed by atoms with E-state index in [1.165, 1.54) is 12.4 Å². The lowest BCUT2D eigenvalue weighted by Crippen LogP contribution is -3.00. The molecule has 0 spiro atoms. The maximum Gasteiger partial charge on any atom is 0.253 e. The van der Waals surface area contributed by atoms with Crippen LogP contribution in [0.25, 0.3) is 0 Å². The largest absolute Gasteiger partial charge is 1.00 e. The van der Waals surface area contributed by atoms with Gasteiger partial charge in [-0.1, -0.05) is 10.3 Å². The highest BCUT2D eigenvalue weighted by atomic mass is 35.5. The van der Waals surface area contributed by atoms with Crippen LogP contribution < -0.4 is 33.9 Å². The second kappa shape index (κ2) is 14.0. The van der Waals surface area contributed by atoms with Gasteiger partial charge < -0.3 is 44.7 Å². The number of ether oxygens (including phenoxy) is 2. The van der Waals surface area contributed by atoms with Crippen molar-refractivity contribution in [3.63, 3.8) is 0 Å². The highest BCUT2D eigenvalue weighted by molar-refractivity contribution is 5.74. The number of halogens is 2. The first-order chi connectivity index (χ1) is 11.8. The minimum absolute atomic E-state index is 0. The molecule has 26 heavy (non-hydrogen) atoms. The minimum Gasteiger partial charge on any atom is -1.00 e. The molecule has 0 atom stereocenters. The van der Waals surface area contributed by atoms with Gasteiger partial charge in [-0.3, -0.25) is 0 Å². The molecule has 8 nitrogen and oxygen atoms in total. The first kappa shape index (κ1) is 23.7. The monoisotopic (exact) mass is 402 g/mol. The zero-order valence-corrected chi connectivity index (χ0v) is 15.4. The molecule has 0 fully saturated rings. The molecule has 0 radical (unpaired) electrons. The van der Waals surface area contributed by atoms with Crippen molar-refractivity contribution in [1.29, 1.82) is 0 Å². The average Bonchev–Trinajstić information content (AvgIpc) is 2.61. The number of pyridine rings is 2. The first-order valence-corrected chi connectivity index (χ1v) is 7.32. The normalized spacial score (nSPS) is 10.6. The molecule has 10 heteroatoms. The van der Waals surface area contributed by atoms with Gasteiger partial charge in [0.25, 0.3) is 13.5 Å². The molecule has 2 aromatic rings. The zero-order valence-electron chi connectivity index (χ0n) is 13.9. The molecule has 0 unspecified atom stereocenters. The molecule has 0 saturated carbocycles. The Kier molecular flexibility index (Phi) is 12.8. The lowest BCUT2D eigenvalue weighted by Gasteiger charge is -2.04. The number of hydrogen-bond acceptors (Lipinski definition) is 6. The summed E-state index contributed by atoms with van der Waals surface area (Å²) in [6.45, 7) is 1.47. The molecule has 0 bridgehead atoms. The Balaban J connectivity index is 0.00000312. The van der Waals surface area contributed by atoms with Crippen LogP contribution in [-0.4, -0.2) is 36.1 Å². The third-order valence-electron chi connectivity index (χ3n) is 3.16. The predicted octanol–water partition coefficient (Wildman–Crippen LogP) is -5.47. The van der Waals surface area contributed by atoms with Gasteiger partial charge in [-0.2, -0.15) is 9.13 Å². The second-order valence-corrected chi connectivity index (χ2v) is 4.75. The van der Waals surface area contributed by atoms with Crippen LogP contribution in [0.4, 0.5) is 0 Å². The van der Waals surface area contributed by atoms with Gasteiger partial charge in [0.15, 0.2) is 12.4 Å². The molecule has 0 aliphatic heterocycles. The van der Waals surface area contributed by atoms with Gasteiger partial charge in [-0.25, -0.2) is 0 Å². The Morgan fingerprint density at radius 1 is 0.769 bits per heavy atom. The third-order valence-corrected chi connectivity index (χ3v) is 3.16. The van der Waals surface area contributed by atoms with Gasteiger partial charge in [0.05, 0.1) is 13.2 Å². The summed E-state index contributed by atoms with van der Waals surface area (Å²) >= 11 is 0. The lowest BCUT2D eigenvalue weighted by atomic mass is 10.3. The second-order valence-electron chi connectivity index (χ2n) is 4.75. The van der Waals surface area contributed by atoms with Crippen LogP contribution in [0.2, 0.25) is 0 Å². The van der Waals surface area contributed by atoms with E-state index < -0.39 is 0 Å². The van der Waals surface area contributed by atoms with Crippen molar-refractivity contribution in [3.05, 3.63) is 60.2 Å². The van der Waals surface area contributed by atoms with E-state index in [1.54, 1.807) is 0 Å². The summed E-state index contributed by atoms with van der Waals surface area (Å²) in [5.74, 6) is 0. The topological polar surface area (TPSA) is 91.4 Å². The standard InChI is InChI=1S/C16H18N4O4.2ClH/c21-17-11-15-5-1-3-7-19(15)13-23-9-10-24-14-20-8-4-2-6-16(20)12-18-22;;/h1-8,11-12H,9-10,13-14H2;2*1H. The quantitative estimate of drug-likeness (QED) is 0.144. The van der Waals surface area contributed by atoms with Crippen molar-refractivity contribution >= 4 is 12.4 Å². The molecular weight excluding hydrogens is 383 g/mol. The van der Waals surface area contributed by atoms with E-state index in [-0.39, 0.29) is 24.8 Å². The molecule has 2 N–H and O–H groups in total. The van der Waals surface area contributed by atoms with Crippen LogP contribution in [0.3, 0.4) is 0 Å². The van der Waals surface area contributed by atoms with Crippen LogP contribution in [0.15, 0.2) is 59.1 Å². The molecule has 2 heterocycles. The Labute approximate surface area is 163 Å². The zero-order chi connectivity index (χ0) is 17.0. The highest BCUT2D eigenvalue weighted by Crippen LogP contribution is 1.90. The van der Waals surface area contributed by atoms with Gasteiger partial charge in [-0.15, -0.1) is 0 Å². The van der Waals surface area contributed by atoms with E-state index in [0.29, 0.717) is 26.7 Å². The van der Waals surface area contributed by atoms with E-state index in [4.69, 9.17) is 19.9 Å². The highest BCUT2D eigenvalue weighted by Gasteiger charge is 2.08. The fraction of sp³-hybridized carbons (Fsp3) is 0.250. The molecule has 0 aromatic carbocycles. The smallest absolute Gasteiger partial charge is 0.253 e. The summed E-state index contributed by atoms with van der Waals surface area (Å²) in [7, 11) is 0. The van der Waals surface area contributed by atoms with E-state index in [0.717, 1.165) is 11.4 Å². The third kappa shape index (κ3) is 7.75. The van der Waals surface area contributed by atoms with Crippen LogP contribution >= 0.6 is 0 Å². The minimum atomic E-state index is 0. The van der Waals surface area contributed by atoms with Crippen LogP contribution in [0.1, 0.15) is 11.4 Å². The van der Waals surface area contributed by atoms with Crippen molar-refractivity contribution in [1.82, 2.24) is 0 Å². The number of aromatic nitrogens is 2. The van der Waals surface area contributed by atoms with Crippen molar-refractivity contribution in [3.8, 4) is 0 Å². The van der Waals surface area contributed by atoms with Gasteiger partial charge in [0, 0.05) is 24.3 Å². The molecule has 2 aromatic heterocycles. The molecule has 0 saturated heterocycles. The van der Waals surface area contributed by atoms with Gasteiger partial charge in [0.2, 0.25) is 11.4 Å². The molecule has 2 rings (SSSR count). The number of hydrogen-bond donors (Lipinski definition) is 2. The molecular formula is C16H20Cl2N4O4. The summed E-state index contributed by atoms with van der Waals surface area (Å²) in [5, 5.41) is 23.3. The fourth-order valence-corrected chi connectivity index (χ4v) is 2.01. The van der Waals surface area contributed by atoms with Gasteiger partial charge in [-0.05, 0) is 12.1 Å². The van der Waals surface area contributed by atoms with E-state index >= 15 is 0 Å². The fourth-order valence-electron chi connectivity index (χ4n) is 2.01. The number of nitrogens with zero attached hydrogens (tertiary/aromatic N) is 4. The van der Waals surface area contributed by atoms with E-state index in [2.05, 4.69) is 10.3 Å². The van der Waals surface area contributed by atoms with E-state index in [9.17, 15) is 0 Å². The molecule has 0 aliphatic carbocycles. The van der Waals surface area contributed by atoms with Crippen molar-refractivity contribution in [2.45, 2.75) is 13.5 Å². The average molecular weight is 403 g/mol. The van der Waals surface area contributed by atoms with E-state index in [1.807, 2.05) is 57.9 Å². The molecule has 0 amide bonds. The maximum absolute atomic E-state index is 8.62. The summed E-state index contributed by atoms with van der Waals surface area (Å²) in [6, 6.07) is 11.1. The number of rotatable bonds is 9. The van der Waals surface area contributed by atoms with Crippen LogP contribution in [0, 0.1) is 0 Å². The predicted molar refractivity (Wildman–Crippen MR) is 83.9 cm³/mol. The van der Waals surface area contributed by atoms with Crippen molar-refractivity contribution in [2.24, 2.45) is 10.3 Å². The summed E-state index contributed by atoms with van der Waals surface area (Å²) in [6.07, 6.45) is 6.35. The molecule has 0 aliphatic rings. The Morgan fingerprint density at radius 3 is 1.58 bits per heavy atom. The lowest BCUT2D eigenvalue weighted by molar-refractivity contribution is -0.738.